The van der Waals surface area contributed by atoms with Crippen molar-refractivity contribution in [2.45, 2.75) is 0 Å². The van der Waals surface area contributed by atoms with Gasteiger partial charge >= 0.3 is 0 Å². The van der Waals surface area contributed by atoms with E-state index in [9.17, 15) is 4.39 Å². The van der Waals surface area contributed by atoms with Gasteiger partial charge in [-0.25, -0.2) is 14.4 Å². The lowest BCUT2D eigenvalue weighted by atomic mass is 10.3. The Morgan fingerprint density at radius 1 is 1.32 bits per heavy atom. The van der Waals surface area contributed by atoms with Gasteiger partial charge in [-0.15, -0.1) is 0 Å². The first-order valence-electron chi connectivity index (χ1n) is 5.49. The molecule has 5 nitrogen and oxygen atoms in total. The maximum absolute atomic E-state index is 13.7. The summed E-state index contributed by atoms with van der Waals surface area (Å²) in [4.78, 5) is 9.86. The van der Waals surface area contributed by atoms with E-state index < -0.39 is 5.82 Å². The number of nitrogens with zero attached hydrogens (tertiary/aromatic N) is 3. The summed E-state index contributed by atoms with van der Waals surface area (Å²) in [6.07, 6.45) is 1.38. The van der Waals surface area contributed by atoms with Crippen molar-refractivity contribution in [2.75, 3.05) is 30.0 Å². The number of nitrogen functional groups attached to an aromatic ring is 1. The minimum absolute atomic E-state index is 0.304. The number of nitrogens with one attached hydrogen (secondary N) is 1. The average Bonchev–Trinajstić information content (AvgIpc) is 2.34. The third kappa shape index (κ3) is 2.93. The highest BCUT2D eigenvalue weighted by molar-refractivity contribution is 9.10. The SMILES string of the molecule is CN(C)c1ncnc(Nc2ccc(Br)cc2F)c1N. The van der Waals surface area contributed by atoms with Crippen molar-refractivity contribution >= 4 is 38.9 Å². The van der Waals surface area contributed by atoms with Gasteiger partial charge in [-0.3, -0.25) is 0 Å². The van der Waals surface area contributed by atoms with E-state index >= 15 is 0 Å². The fraction of sp³-hybridized carbons (Fsp3) is 0.167. The first kappa shape index (κ1) is 13.5. The zero-order valence-corrected chi connectivity index (χ0v) is 12.1. The topological polar surface area (TPSA) is 67.1 Å². The summed E-state index contributed by atoms with van der Waals surface area (Å²) in [6.45, 7) is 0. The quantitative estimate of drug-likeness (QED) is 0.908. The van der Waals surface area contributed by atoms with Crippen LogP contribution >= 0.6 is 15.9 Å². The normalized spacial score (nSPS) is 10.3. The number of halogens is 2. The van der Waals surface area contributed by atoms with Crippen molar-refractivity contribution in [3.63, 3.8) is 0 Å². The van der Waals surface area contributed by atoms with Crippen LogP contribution in [-0.2, 0) is 0 Å². The molecule has 2 aromatic rings. The molecule has 0 spiro atoms. The molecule has 0 bridgehead atoms. The van der Waals surface area contributed by atoms with Gasteiger partial charge in [0.1, 0.15) is 17.8 Å². The molecule has 0 atom stereocenters. The molecule has 0 fully saturated rings. The predicted molar refractivity (Wildman–Crippen MR) is 78.2 cm³/mol. The number of aromatic nitrogens is 2. The van der Waals surface area contributed by atoms with Crippen molar-refractivity contribution in [3.05, 3.63) is 34.8 Å². The van der Waals surface area contributed by atoms with Crippen molar-refractivity contribution in [1.29, 1.82) is 0 Å². The minimum atomic E-state index is -0.390. The van der Waals surface area contributed by atoms with E-state index in [1.807, 2.05) is 14.1 Å². The van der Waals surface area contributed by atoms with Crippen molar-refractivity contribution < 1.29 is 4.39 Å². The highest BCUT2D eigenvalue weighted by Crippen LogP contribution is 2.29. The Balaban J connectivity index is 2.36. The molecular formula is C12H13BrFN5. The van der Waals surface area contributed by atoms with Crippen LogP contribution in [-0.4, -0.2) is 24.1 Å². The minimum Gasteiger partial charge on any atom is -0.393 e. The van der Waals surface area contributed by atoms with Gasteiger partial charge in [0, 0.05) is 18.6 Å². The maximum Gasteiger partial charge on any atom is 0.159 e. The molecule has 0 unspecified atom stereocenters. The van der Waals surface area contributed by atoms with E-state index in [4.69, 9.17) is 5.73 Å². The highest BCUT2D eigenvalue weighted by Gasteiger charge is 2.11. The van der Waals surface area contributed by atoms with Gasteiger partial charge in [0.2, 0.25) is 0 Å². The van der Waals surface area contributed by atoms with Gasteiger partial charge < -0.3 is 16.0 Å². The van der Waals surface area contributed by atoms with Crippen LogP contribution in [0.15, 0.2) is 29.0 Å². The third-order valence-electron chi connectivity index (χ3n) is 2.47. The van der Waals surface area contributed by atoms with Crippen LogP contribution in [0.5, 0.6) is 0 Å². The molecule has 0 aliphatic heterocycles. The molecule has 0 aliphatic carbocycles. The third-order valence-corrected chi connectivity index (χ3v) is 2.96. The summed E-state index contributed by atoms with van der Waals surface area (Å²) >= 11 is 3.20. The first-order chi connectivity index (χ1) is 8.99. The van der Waals surface area contributed by atoms with Crippen LogP contribution < -0.4 is 16.0 Å². The van der Waals surface area contributed by atoms with E-state index in [0.717, 1.165) is 0 Å². The van der Waals surface area contributed by atoms with Gasteiger partial charge in [0.05, 0.1) is 5.69 Å². The molecule has 0 saturated heterocycles. The van der Waals surface area contributed by atoms with E-state index in [0.29, 0.717) is 27.5 Å². The van der Waals surface area contributed by atoms with E-state index in [2.05, 4.69) is 31.2 Å². The monoisotopic (exact) mass is 325 g/mol. The molecule has 1 aromatic carbocycles. The van der Waals surface area contributed by atoms with Crippen LogP contribution in [0.2, 0.25) is 0 Å². The highest BCUT2D eigenvalue weighted by atomic mass is 79.9. The molecule has 0 radical (unpaired) electrons. The Morgan fingerprint density at radius 2 is 2.05 bits per heavy atom. The van der Waals surface area contributed by atoms with Crippen LogP contribution in [0.25, 0.3) is 0 Å². The molecule has 0 amide bonds. The van der Waals surface area contributed by atoms with E-state index in [1.54, 1.807) is 17.0 Å². The largest absolute Gasteiger partial charge is 0.393 e. The molecule has 100 valence electrons. The molecule has 2 rings (SSSR count). The number of rotatable bonds is 3. The Bertz CT molecular complexity index is 603. The van der Waals surface area contributed by atoms with Gasteiger partial charge in [-0.1, -0.05) is 15.9 Å². The lowest BCUT2D eigenvalue weighted by Crippen LogP contribution is -2.14. The van der Waals surface area contributed by atoms with E-state index in [-0.39, 0.29) is 0 Å². The number of anilines is 4. The average molecular weight is 326 g/mol. The lowest BCUT2D eigenvalue weighted by molar-refractivity contribution is 0.631. The standard InChI is InChI=1S/C12H13BrFN5/c1-19(2)12-10(15)11(16-6-17-12)18-9-4-3-7(13)5-8(9)14/h3-6H,15H2,1-2H3,(H,16,17,18). The van der Waals surface area contributed by atoms with Gasteiger partial charge in [0.15, 0.2) is 11.6 Å². The fourth-order valence-electron chi connectivity index (χ4n) is 1.56. The molecule has 7 heteroatoms. The molecule has 0 aliphatic rings. The molecule has 0 saturated carbocycles. The van der Waals surface area contributed by atoms with Crippen LogP contribution in [0.4, 0.5) is 27.4 Å². The molecule has 1 heterocycles. The lowest BCUT2D eigenvalue weighted by Gasteiger charge is -2.16. The van der Waals surface area contributed by atoms with Crippen molar-refractivity contribution in [2.24, 2.45) is 0 Å². The smallest absolute Gasteiger partial charge is 0.159 e. The Labute approximate surface area is 118 Å². The molecule has 1 aromatic heterocycles. The fourth-order valence-corrected chi connectivity index (χ4v) is 1.89. The first-order valence-corrected chi connectivity index (χ1v) is 6.28. The second-order valence-corrected chi connectivity index (χ2v) is 5.02. The number of hydrogen-bond acceptors (Lipinski definition) is 5. The summed E-state index contributed by atoms with van der Waals surface area (Å²) in [5, 5.41) is 2.86. The van der Waals surface area contributed by atoms with Crippen LogP contribution in [0.3, 0.4) is 0 Å². The number of nitrogens with two attached hydrogens (primary N) is 1. The zero-order valence-electron chi connectivity index (χ0n) is 10.5. The number of benzene rings is 1. The summed E-state index contributed by atoms with van der Waals surface area (Å²) in [7, 11) is 3.64. The Morgan fingerprint density at radius 3 is 2.68 bits per heavy atom. The van der Waals surface area contributed by atoms with Gasteiger partial charge in [-0.05, 0) is 18.2 Å². The van der Waals surface area contributed by atoms with Gasteiger partial charge in [0.25, 0.3) is 0 Å². The summed E-state index contributed by atoms with van der Waals surface area (Å²) in [5.74, 6) is 0.564. The second kappa shape index (κ2) is 5.40. The number of hydrogen-bond donors (Lipinski definition) is 2. The Kier molecular flexibility index (Phi) is 3.84. The van der Waals surface area contributed by atoms with Crippen molar-refractivity contribution in [3.8, 4) is 0 Å². The van der Waals surface area contributed by atoms with E-state index in [1.165, 1.54) is 12.4 Å². The van der Waals surface area contributed by atoms with Gasteiger partial charge in [-0.2, -0.15) is 0 Å². The summed E-state index contributed by atoms with van der Waals surface area (Å²) in [6, 6.07) is 4.71. The zero-order chi connectivity index (χ0) is 14.0. The predicted octanol–water partition coefficient (Wildman–Crippen LogP) is 2.77. The maximum atomic E-state index is 13.7. The molecule has 19 heavy (non-hydrogen) atoms. The molecule has 3 N–H and O–H groups in total. The van der Waals surface area contributed by atoms with Crippen LogP contribution in [0.1, 0.15) is 0 Å². The van der Waals surface area contributed by atoms with Crippen LogP contribution in [0, 0.1) is 5.82 Å². The second-order valence-electron chi connectivity index (χ2n) is 4.10. The van der Waals surface area contributed by atoms with Crippen molar-refractivity contribution in [1.82, 2.24) is 9.97 Å². The molecular weight excluding hydrogens is 313 g/mol. The summed E-state index contributed by atoms with van der Waals surface area (Å²) < 4.78 is 14.4. The summed E-state index contributed by atoms with van der Waals surface area (Å²) in [5.41, 5.74) is 6.63. The Hall–Kier alpha value is -1.89.